The number of nitrogens with one attached hydrogen (secondary N) is 1. The lowest BCUT2D eigenvalue weighted by Gasteiger charge is -2.32. The Kier molecular flexibility index (Phi) is 5.54. The molecular weight excluding hydrogens is 350 g/mol. The van der Waals surface area contributed by atoms with Crippen molar-refractivity contribution in [3.05, 3.63) is 64.7 Å². The lowest BCUT2D eigenvalue weighted by Crippen LogP contribution is -2.43. The second-order valence-electron chi connectivity index (χ2n) is 7.08. The molecule has 142 valence electrons. The number of carbonyl (C=O) groups is 2. The summed E-state index contributed by atoms with van der Waals surface area (Å²) in [5.41, 5.74) is 2.43. The molecule has 4 nitrogen and oxygen atoms in total. The third-order valence-electron chi connectivity index (χ3n) is 4.73. The highest BCUT2D eigenvalue weighted by molar-refractivity contribution is 5.96. The number of aryl methyl sites for hydroxylation is 2. The molecule has 1 N–H and O–H groups in total. The standard InChI is InChI=1S/C21H22F2N2O2/c1-13-8-14(2)10-16(9-13)21(27)25-7-3-4-15(12-25)20(26)24-19-11-17(22)5-6-18(19)23/h5-6,8-11,15H,3-4,7,12H2,1-2H3,(H,24,26). The number of hydrogen-bond donors (Lipinski definition) is 1. The van der Waals surface area contributed by atoms with Crippen LogP contribution in [-0.4, -0.2) is 29.8 Å². The Morgan fingerprint density at radius 1 is 1.07 bits per heavy atom. The van der Waals surface area contributed by atoms with Crippen molar-refractivity contribution in [2.45, 2.75) is 26.7 Å². The van der Waals surface area contributed by atoms with E-state index in [1.807, 2.05) is 32.0 Å². The van der Waals surface area contributed by atoms with Gasteiger partial charge in [-0.1, -0.05) is 17.2 Å². The van der Waals surface area contributed by atoms with Gasteiger partial charge in [0.05, 0.1) is 11.6 Å². The Morgan fingerprint density at radius 2 is 1.78 bits per heavy atom. The van der Waals surface area contributed by atoms with Crippen LogP contribution in [0.5, 0.6) is 0 Å². The summed E-state index contributed by atoms with van der Waals surface area (Å²) in [6.07, 6.45) is 1.28. The number of likely N-dealkylation sites (tertiary alicyclic amines) is 1. The van der Waals surface area contributed by atoms with Crippen LogP contribution >= 0.6 is 0 Å². The number of amides is 2. The average Bonchev–Trinajstić information content (AvgIpc) is 2.63. The molecule has 1 aliphatic rings. The minimum absolute atomic E-state index is 0.115. The zero-order chi connectivity index (χ0) is 19.6. The maximum absolute atomic E-state index is 13.8. The number of rotatable bonds is 3. The molecule has 2 aromatic carbocycles. The lowest BCUT2D eigenvalue weighted by molar-refractivity contribution is -0.121. The van der Waals surface area contributed by atoms with Gasteiger partial charge in [-0.15, -0.1) is 0 Å². The van der Waals surface area contributed by atoms with E-state index in [0.29, 0.717) is 24.9 Å². The van der Waals surface area contributed by atoms with E-state index in [-0.39, 0.29) is 18.1 Å². The maximum atomic E-state index is 13.8. The summed E-state index contributed by atoms with van der Waals surface area (Å²) < 4.78 is 27.0. The van der Waals surface area contributed by atoms with Crippen molar-refractivity contribution < 1.29 is 18.4 Å². The van der Waals surface area contributed by atoms with Crippen LogP contribution in [0.1, 0.15) is 34.3 Å². The van der Waals surface area contributed by atoms with E-state index in [1.54, 1.807) is 4.90 Å². The fraction of sp³-hybridized carbons (Fsp3) is 0.333. The fourth-order valence-electron chi connectivity index (χ4n) is 3.48. The summed E-state index contributed by atoms with van der Waals surface area (Å²) in [4.78, 5) is 27.0. The van der Waals surface area contributed by atoms with E-state index in [0.717, 1.165) is 29.3 Å². The predicted octanol–water partition coefficient (Wildman–Crippen LogP) is 4.07. The van der Waals surface area contributed by atoms with Gasteiger partial charge in [0.25, 0.3) is 5.91 Å². The van der Waals surface area contributed by atoms with Crippen LogP contribution in [-0.2, 0) is 4.79 Å². The van der Waals surface area contributed by atoms with Crippen molar-refractivity contribution in [2.24, 2.45) is 5.92 Å². The van der Waals surface area contributed by atoms with Gasteiger partial charge in [-0.2, -0.15) is 0 Å². The normalized spacial score (nSPS) is 16.9. The zero-order valence-corrected chi connectivity index (χ0v) is 15.4. The smallest absolute Gasteiger partial charge is 0.253 e. The number of nitrogens with zero attached hydrogens (tertiary/aromatic N) is 1. The highest BCUT2D eigenvalue weighted by Crippen LogP contribution is 2.23. The van der Waals surface area contributed by atoms with Gasteiger partial charge in [-0.05, 0) is 51.0 Å². The SMILES string of the molecule is Cc1cc(C)cc(C(=O)N2CCCC(C(=O)Nc3cc(F)ccc3F)C2)c1. The van der Waals surface area contributed by atoms with Crippen LogP contribution in [0.4, 0.5) is 14.5 Å². The molecule has 1 aliphatic heterocycles. The van der Waals surface area contributed by atoms with Crippen molar-refractivity contribution >= 4 is 17.5 Å². The molecule has 1 unspecified atom stereocenters. The molecule has 2 amide bonds. The minimum Gasteiger partial charge on any atom is -0.338 e. The molecule has 0 spiro atoms. The molecule has 0 aliphatic carbocycles. The molecule has 0 radical (unpaired) electrons. The van der Waals surface area contributed by atoms with E-state index >= 15 is 0 Å². The van der Waals surface area contributed by atoms with E-state index in [4.69, 9.17) is 0 Å². The molecule has 6 heteroatoms. The number of benzene rings is 2. The largest absolute Gasteiger partial charge is 0.338 e. The van der Waals surface area contributed by atoms with Gasteiger partial charge < -0.3 is 10.2 Å². The molecule has 1 saturated heterocycles. The van der Waals surface area contributed by atoms with E-state index in [9.17, 15) is 18.4 Å². The topological polar surface area (TPSA) is 49.4 Å². The third kappa shape index (κ3) is 4.51. The van der Waals surface area contributed by atoms with Gasteiger partial charge in [-0.3, -0.25) is 9.59 Å². The Balaban J connectivity index is 1.70. The third-order valence-corrected chi connectivity index (χ3v) is 4.73. The number of anilines is 1. The molecule has 27 heavy (non-hydrogen) atoms. The molecule has 1 heterocycles. The first-order chi connectivity index (χ1) is 12.8. The summed E-state index contributed by atoms with van der Waals surface area (Å²) in [5, 5.41) is 2.45. The van der Waals surface area contributed by atoms with Crippen molar-refractivity contribution in [3.63, 3.8) is 0 Å². The quantitative estimate of drug-likeness (QED) is 0.883. The summed E-state index contributed by atoms with van der Waals surface area (Å²) in [5.74, 6) is -2.30. The first-order valence-electron chi connectivity index (χ1n) is 8.97. The summed E-state index contributed by atoms with van der Waals surface area (Å²) in [6.45, 7) is 4.70. The van der Waals surface area contributed by atoms with Crippen molar-refractivity contribution in [1.82, 2.24) is 4.90 Å². The Hall–Kier alpha value is -2.76. The first kappa shape index (κ1) is 19.0. The van der Waals surface area contributed by atoms with Gasteiger partial charge in [0, 0.05) is 24.7 Å². The van der Waals surface area contributed by atoms with Gasteiger partial charge in [0.1, 0.15) is 11.6 Å². The highest BCUT2D eigenvalue weighted by Gasteiger charge is 2.29. The van der Waals surface area contributed by atoms with Gasteiger partial charge in [0.15, 0.2) is 0 Å². The minimum atomic E-state index is -0.691. The zero-order valence-electron chi connectivity index (χ0n) is 15.4. The fourth-order valence-corrected chi connectivity index (χ4v) is 3.48. The Bertz CT molecular complexity index is 862. The number of halogens is 2. The van der Waals surface area contributed by atoms with Gasteiger partial charge >= 0.3 is 0 Å². The molecule has 2 aromatic rings. The summed E-state index contributed by atoms with van der Waals surface area (Å²) in [6, 6.07) is 8.59. The van der Waals surface area contributed by atoms with Crippen LogP contribution in [0.3, 0.4) is 0 Å². The van der Waals surface area contributed by atoms with Crippen LogP contribution in [0.2, 0.25) is 0 Å². The van der Waals surface area contributed by atoms with Crippen molar-refractivity contribution in [1.29, 1.82) is 0 Å². The second kappa shape index (κ2) is 7.86. The van der Waals surface area contributed by atoms with E-state index in [2.05, 4.69) is 5.32 Å². The summed E-state index contributed by atoms with van der Waals surface area (Å²) >= 11 is 0. The van der Waals surface area contributed by atoms with E-state index < -0.39 is 23.5 Å². The predicted molar refractivity (Wildman–Crippen MR) is 99.5 cm³/mol. The van der Waals surface area contributed by atoms with Crippen LogP contribution in [0.15, 0.2) is 36.4 Å². The monoisotopic (exact) mass is 372 g/mol. The van der Waals surface area contributed by atoms with Gasteiger partial charge in [0.2, 0.25) is 5.91 Å². The maximum Gasteiger partial charge on any atom is 0.253 e. The average molecular weight is 372 g/mol. The lowest BCUT2D eigenvalue weighted by atomic mass is 9.96. The second-order valence-corrected chi connectivity index (χ2v) is 7.08. The highest BCUT2D eigenvalue weighted by atomic mass is 19.1. The van der Waals surface area contributed by atoms with Gasteiger partial charge in [-0.25, -0.2) is 8.78 Å². The Morgan fingerprint density at radius 3 is 2.48 bits per heavy atom. The summed E-state index contributed by atoms with van der Waals surface area (Å²) in [7, 11) is 0. The molecule has 0 aromatic heterocycles. The molecule has 1 atom stereocenters. The molecule has 0 bridgehead atoms. The number of carbonyl (C=O) groups excluding carboxylic acids is 2. The van der Waals surface area contributed by atoms with E-state index in [1.165, 1.54) is 0 Å². The molecule has 1 fully saturated rings. The van der Waals surface area contributed by atoms with Crippen LogP contribution < -0.4 is 5.32 Å². The number of hydrogen-bond acceptors (Lipinski definition) is 2. The Labute approximate surface area is 157 Å². The van der Waals surface area contributed by atoms with Crippen molar-refractivity contribution in [2.75, 3.05) is 18.4 Å². The number of piperidine rings is 1. The van der Waals surface area contributed by atoms with Crippen LogP contribution in [0.25, 0.3) is 0 Å². The van der Waals surface area contributed by atoms with Crippen molar-refractivity contribution in [3.8, 4) is 0 Å². The molecule has 0 saturated carbocycles. The first-order valence-corrected chi connectivity index (χ1v) is 8.97. The molecule has 3 rings (SSSR count). The van der Waals surface area contributed by atoms with Crippen LogP contribution in [0, 0.1) is 31.4 Å². The molecular formula is C21H22F2N2O2.